The average Bonchev–Trinajstić information content (AvgIpc) is 2.24. The molecule has 0 amide bonds. The monoisotopic (exact) mass is 285 g/mol. The van der Waals surface area contributed by atoms with E-state index in [1.165, 1.54) is 25.3 Å². The molecule has 0 heterocycles. The van der Waals surface area contributed by atoms with Crippen molar-refractivity contribution in [2.24, 2.45) is 5.73 Å². The van der Waals surface area contributed by atoms with Crippen LogP contribution in [0.15, 0.2) is 22.7 Å². The van der Waals surface area contributed by atoms with Crippen LogP contribution >= 0.6 is 15.9 Å². The summed E-state index contributed by atoms with van der Waals surface area (Å²) in [6.45, 7) is 0. The Bertz CT molecular complexity index is 372. The number of hydrogen-bond donors (Lipinski definition) is 1. The van der Waals surface area contributed by atoms with Gasteiger partial charge >= 0.3 is 0 Å². The Kier molecular flexibility index (Phi) is 3.65. The summed E-state index contributed by atoms with van der Waals surface area (Å²) in [5.41, 5.74) is 7.23. The van der Waals surface area contributed by atoms with Crippen molar-refractivity contribution in [2.75, 3.05) is 0 Å². The molecule has 1 nitrogen and oxygen atoms in total. The van der Waals surface area contributed by atoms with E-state index in [0.717, 1.165) is 29.3 Å². The van der Waals surface area contributed by atoms with Gasteiger partial charge in [0.1, 0.15) is 5.82 Å². The van der Waals surface area contributed by atoms with E-state index in [4.69, 9.17) is 5.73 Å². The van der Waals surface area contributed by atoms with Gasteiger partial charge < -0.3 is 5.73 Å². The van der Waals surface area contributed by atoms with Crippen molar-refractivity contribution < 1.29 is 4.39 Å². The van der Waals surface area contributed by atoms with Crippen LogP contribution in [0.2, 0.25) is 0 Å². The Hall–Kier alpha value is -0.410. The third-order valence-electron chi connectivity index (χ3n) is 3.40. The standard InChI is InChI=1S/C13H17BrFN/c14-12-5-4-11(15)8-10(12)9-13(16)6-2-1-3-7-13/h4-5,8H,1-3,6-7,9,16H2. The molecule has 1 aromatic carbocycles. The first-order chi connectivity index (χ1) is 7.59. The van der Waals surface area contributed by atoms with E-state index in [1.807, 2.05) is 0 Å². The summed E-state index contributed by atoms with van der Waals surface area (Å²) >= 11 is 3.46. The zero-order valence-electron chi connectivity index (χ0n) is 9.31. The van der Waals surface area contributed by atoms with Crippen molar-refractivity contribution in [3.8, 4) is 0 Å². The maximum atomic E-state index is 13.2. The van der Waals surface area contributed by atoms with Gasteiger partial charge in [-0.3, -0.25) is 0 Å². The van der Waals surface area contributed by atoms with E-state index in [9.17, 15) is 4.39 Å². The summed E-state index contributed by atoms with van der Waals surface area (Å²) < 4.78 is 14.1. The second-order valence-electron chi connectivity index (χ2n) is 4.84. The zero-order chi connectivity index (χ0) is 11.6. The molecule has 0 saturated heterocycles. The van der Waals surface area contributed by atoms with Crippen LogP contribution in [0.25, 0.3) is 0 Å². The Labute approximate surface area is 104 Å². The topological polar surface area (TPSA) is 26.0 Å². The van der Waals surface area contributed by atoms with Crippen LogP contribution in [0.3, 0.4) is 0 Å². The van der Waals surface area contributed by atoms with Crippen LogP contribution in [0.5, 0.6) is 0 Å². The number of benzene rings is 1. The van der Waals surface area contributed by atoms with Gasteiger partial charge in [0.25, 0.3) is 0 Å². The quantitative estimate of drug-likeness (QED) is 0.879. The molecular weight excluding hydrogens is 269 g/mol. The summed E-state index contributed by atoms with van der Waals surface area (Å²) in [7, 11) is 0. The molecule has 0 unspecified atom stereocenters. The van der Waals surface area contributed by atoms with E-state index >= 15 is 0 Å². The maximum Gasteiger partial charge on any atom is 0.123 e. The van der Waals surface area contributed by atoms with E-state index in [2.05, 4.69) is 15.9 Å². The third-order valence-corrected chi connectivity index (χ3v) is 4.17. The number of hydrogen-bond acceptors (Lipinski definition) is 1. The van der Waals surface area contributed by atoms with E-state index in [1.54, 1.807) is 12.1 Å². The second-order valence-corrected chi connectivity index (χ2v) is 5.69. The highest BCUT2D eigenvalue weighted by Crippen LogP contribution is 2.31. The summed E-state index contributed by atoms with van der Waals surface area (Å²) in [5, 5.41) is 0. The van der Waals surface area contributed by atoms with Crippen LogP contribution in [-0.2, 0) is 6.42 Å². The van der Waals surface area contributed by atoms with Gasteiger partial charge in [-0.2, -0.15) is 0 Å². The molecule has 1 fully saturated rings. The van der Waals surface area contributed by atoms with E-state index in [0.29, 0.717) is 0 Å². The van der Waals surface area contributed by atoms with Gasteiger partial charge in [-0.25, -0.2) is 4.39 Å². The molecule has 88 valence electrons. The number of halogens is 2. The Morgan fingerprint density at radius 2 is 1.94 bits per heavy atom. The fourth-order valence-corrected chi connectivity index (χ4v) is 2.88. The molecule has 0 aliphatic heterocycles. The largest absolute Gasteiger partial charge is 0.325 e. The van der Waals surface area contributed by atoms with Crippen LogP contribution in [-0.4, -0.2) is 5.54 Å². The SMILES string of the molecule is NC1(Cc2cc(F)ccc2Br)CCCCC1. The normalized spacial score (nSPS) is 19.7. The Morgan fingerprint density at radius 3 is 2.62 bits per heavy atom. The van der Waals surface area contributed by atoms with Crippen molar-refractivity contribution in [1.82, 2.24) is 0 Å². The van der Waals surface area contributed by atoms with Crippen molar-refractivity contribution in [3.63, 3.8) is 0 Å². The lowest BCUT2D eigenvalue weighted by molar-refractivity contribution is 0.293. The molecule has 16 heavy (non-hydrogen) atoms. The van der Waals surface area contributed by atoms with Gasteiger partial charge in [0.2, 0.25) is 0 Å². The molecule has 2 rings (SSSR count). The maximum absolute atomic E-state index is 13.2. The van der Waals surface area contributed by atoms with Crippen LogP contribution < -0.4 is 5.73 Å². The summed E-state index contributed by atoms with van der Waals surface area (Å²) in [5.74, 6) is -0.183. The van der Waals surface area contributed by atoms with Gasteiger partial charge in [-0.15, -0.1) is 0 Å². The Morgan fingerprint density at radius 1 is 1.25 bits per heavy atom. The minimum absolute atomic E-state index is 0.130. The Balaban J connectivity index is 2.15. The molecule has 0 aromatic heterocycles. The third kappa shape index (κ3) is 2.83. The molecule has 0 atom stereocenters. The highest BCUT2D eigenvalue weighted by molar-refractivity contribution is 9.10. The van der Waals surface area contributed by atoms with Crippen LogP contribution in [0.4, 0.5) is 4.39 Å². The van der Waals surface area contributed by atoms with Gasteiger partial charge in [0.05, 0.1) is 0 Å². The minimum atomic E-state index is -0.183. The first kappa shape index (κ1) is 12.1. The molecule has 1 saturated carbocycles. The predicted molar refractivity (Wildman–Crippen MR) is 67.8 cm³/mol. The summed E-state index contributed by atoms with van der Waals surface area (Å²) in [6, 6.07) is 4.82. The minimum Gasteiger partial charge on any atom is -0.325 e. The fourth-order valence-electron chi connectivity index (χ4n) is 2.49. The van der Waals surface area contributed by atoms with Gasteiger partial charge in [0.15, 0.2) is 0 Å². The highest BCUT2D eigenvalue weighted by Gasteiger charge is 2.28. The summed E-state index contributed by atoms with van der Waals surface area (Å²) in [4.78, 5) is 0. The molecule has 0 spiro atoms. The zero-order valence-corrected chi connectivity index (χ0v) is 10.9. The van der Waals surface area contributed by atoms with Crippen molar-refractivity contribution >= 4 is 15.9 Å². The molecule has 1 aliphatic rings. The lowest BCUT2D eigenvalue weighted by atomic mass is 9.78. The molecule has 2 N–H and O–H groups in total. The van der Waals surface area contributed by atoms with Gasteiger partial charge in [-0.05, 0) is 43.0 Å². The smallest absolute Gasteiger partial charge is 0.123 e. The summed E-state index contributed by atoms with van der Waals surface area (Å²) in [6.07, 6.45) is 6.55. The molecule has 1 aliphatic carbocycles. The predicted octanol–water partition coefficient (Wildman–Crippen LogP) is 3.79. The first-order valence-corrected chi connectivity index (χ1v) is 6.61. The van der Waals surface area contributed by atoms with Gasteiger partial charge in [0, 0.05) is 10.0 Å². The number of rotatable bonds is 2. The van der Waals surface area contributed by atoms with E-state index in [-0.39, 0.29) is 11.4 Å². The first-order valence-electron chi connectivity index (χ1n) is 5.82. The second kappa shape index (κ2) is 4.84. The van der Waals surface area contributed by atoms with Crippen LogP contribution in [0.1, 0.15) is 37.7 Å². The van der Waals surface area contributed by atoms with Crippen molar-refractivity contribution in [3.05, 3.63) is 34.1 Å². The highest BCUT2D eigenvalue weighted by atomic mass is 79.9. The van der Waals surface area contributed by atoms with Crippen molar-refractivity contribution in [1.29, 1.82) is 0 Å². The van der Waals surface area contributed by atoms with E-state index < -0.39 is 0 Å². The molecular formula is C13H17BrFN. The fraction of sp³-hybridized carbons (Fsp3) is 0.538. The van der Waals surface area contributed by atoms with Crippen LogP contribution in [0, 0.1) is 5.82 Å². The number of nitrogens with two attached hydrogens (primary N) is 1. The molecule has 3 heteroatoms. The lowest BCUT2D eigenvalue weighted by Crippen LogP contribution is -2.43. The average molecular weight is 286 g/mol. The molecule has 0 bridgehead atoms. The van der Waals surface area contributed by atoms with Crippen molar-refractivity contribution in [2.45, 2.75) is 44.1 Å². The molecule has 0 radical (unpaired) electrons. The van der Waals surface area contributed by atoms with Gasteiger partial charge in [-0.1, -0.05) is 35.2 Å². The molecule has 1 aromatic rings. The lowest BCUT2D eigenvalue weighted by Gasteiger charge is -2.33.